The van der Waals surface area contributed by atoms with Crippen LogP contribution in [-0.2, 0) is 11.3 Å². The molecule has 0 radical (unpaired) electrons. The number of urea groups is 1. The van der Waals surface area contributed by atoms with Crippen molar-refractivity contribution >= 4 is 22.7 Å². The molecule has 8 nitrogen and oxygen atoms in total. The number of aromatic nitrogens is 1. The molecule has 1 atom stereocenters. The summed E-state index contributed by atoms with van der Waals surface area (Å²) in [6, 6.07) is 11.7. The smallest absolute Gasteiger partial charge is 0.323 e. The summed E-state index contributed by atoms with van der Waals surface area (Å²) in [7, 11) is 3.09. The van der Waals surface area contributed by atoms with E-state index < -0.39 is 17.5 Å². The third kappa shape index (κ3) is 3.37. The van der Waals surface area contributed by atoms with Crippen LogP contribution >= 0.6 is 0 Å². The molecule has 1 aromatic heterocycles. The lowest BCUT2D eigenvalue weighted by Crippen LogP contribution is -2.49. The van der Waals surface area contributed by atoms with Gasteiger partial charge in [0.15, 0.2) is 5.88 Å². The van der Waals surface area contributed by atoms with Crippen molar-refractivity contribution in [2.45, 2.75) is 12.1 Å². The number of nitrogens with zero attached hydrogens (tertiary/aromatic N) is 1. The molecule has 0 unspecified atom stereocenters. The second kappa shape index (κ2) is 7.37. The Hall–Kier alpha value is -4.12. The first-order valence-electron chi connectivity index (χ1n) is 9.11. The van der Waals surface area contributed by atoms with Crippen molar-refractivity contribution < 1.29 is 24.2 Å². The summed E-state index contributed by atoms with van der Waals surface area (Å²) in [5, 5.41) is 16.8. The molecule has 1 aliphatic heterocycles. The maximum absolute atomic E-state index is 12.6. The highest BCUT2D eigenvalue weighted by atomic mass is 16.5. The van der Waals surface area contributed by atoms with Crippen LogP contribution in [-0.4, -0.2) is 41.4 Å². The fraction of sp³-hybridized carbons (Fsp3) is 0.182. The van der Waals surface area contributed by atoms with E-state index in [1.54, 1.807) is 55.8 Å². The van der Waals surface area contributed by atoms with Gasteiger partial charge in [0, 0.05) is 22.5 Å². The molecular formula is C22H19N3O5. The molecule has 3 amide bonds. The maximum Gasteiger partial charge on any atom is 0.323 e. The van der Waals surface area contributed by atoms with Crippen LogP contribution in [0.15, 0.2) is 48.7 Å². The monoisotopic (exact) mass is 405 g/mol. The van der Waals surface area contributed by atoms with E-state index in [-0.39, 0.29) is 12.4 Å². The average molecular weight is 405 g/mol. The fourth-order valence-electron chi connectivity index (χ4n) is 3.34. The Kier molecular flexibility index (Phi) is 4.72. The minimum Gasteiger partial charge on any atom is -0.497 e. The van der Waals surface area contributed by atoms with E-state index in [1.165, 1.54) is 11.7 Å². The van der Waals surface area contributed by atoms with E-state index in [2.05, 4.69) is 22.5 Å². The quantitative estimate of drug-likeness (QED) is 0.455. The number of rotatable bonds is 4. The van der Waals surface area contributed by atoms with Crippen LogP contribution in [0, 0.1) is 11.8 Å². The number of hydrogen-bond acceptors (Lipinski definition) is 5. The minimum absolute atomic E-state index is 0.0552. The van der Waals surface area contributed by atoms with Gasteiger partial charge in [-0.05, 0) is 36.4 Å². The van der Waals surface area contributed by atoms with Gasteiger partial charge >= 0.3 is 6.03 Å². The number of ether oxygens (including phenoxy) is 2. The second-order valence-corrected chi connectivity index (χ2v) is 6.83. The summed E-state index contributed by atoms with van der Waals surface area (Å²) in [6.45, 7) is -0.0790. The molecule has 3 N–H and O–H groups in total. The van der Waals surface area contributed by atoms with Gasteiger partial charge in [-0.25, -0.2) is 4.79 Å². The number of carbonyl (C=O) groups is 2. The molecule has 1 aliphatic rings. The van der Waals surface area contributed by atoms with Crippen LogP contribution in [0.5, 0.6) is 17.4 Å². The number of carbonyl (C=O) groups excluding carboxylic acids is 2. The predicted octanol–water partition coefficient (Wildman–Crippen LogP) is 1.99. The Bertz CT molecular complexity index is 1220. The Balaban J connectivity index is 1.75. The molecular weight excluding hydrogens is 386 g/mol. The van der Waals surface area contributed by atoms with Gasteiger partial charge in [-0.15, -0.1) is 0 Å². The zero-order chi connectivity index (χ0) is 21.3. The third-order valence-electron chi connectivity index (χ3n) is 4.91. The van der Waals surface area contributed by atoms with Gasteiger partial charge in [0.2, 0.25) is 5.54 Å². The Morgan fingerprint density at radius 2 is 1.87 bits per heavy atom. The van der Waals surface area contributed by atoms with Crippen molar-refractivity contribution in [3.8, 4) is 29.2 Å². The summed E-state index contributed by atoms with van der Waals surface area (Å²) < 4.78 is 11.9. The topological polar surface area (TPSA) is 102 Å². The molecule has 0 spiro atoms. The third-order valence-corrected chi connectivity index (χ3v) is 4.91. The highest BCUT2D eigenvalue weighted by molar-refractivity contribution is 6.09. The lowest BCUT2D eigenvalue weighted by molar-refractivity contribution is -0.122. The maximum atomic E-state index is 12.6. The van der Waals surface area contributed by atoms with E-state index in [9.17, 15) is 14.7 Å². The molecule has 4 rings (SSSR count). The summed E-state index contributed by atoms with van der Waals surface area (Å²) in [4.78, 5) is 24.5. The SMILES string of the molecule is COc1cccc(C#C[C@]2(Cn3cc4ccc(OC)cc4c3O)NC(=O)NC2=O)c1. The molecule has 0 saturated carbocycles. The van der Waals surface area contributed by atoms with Gasteiger partial charge in [0.25, 0.3) is 5.91 Å². The molecule has 3 aromatic rings. The first kappa shape index (κ1) is 19.2. The van der Waals surface area contributed by atoms with Gasteiger partial charge in [0.1, 0.15) is 11.5 Å². The summed E-state index contributed by atoms with van der Waals surface area (Å²) in [5.74, 6) is 6.38. The summed E-state index contributed by atoms with van der Waals surface area (Å²) in [5.41, 5.74) is -0.925. The second-order valence-electron chi connectivity index (χ2n) is 6.83. The van der Waals surface area contributed by atoms with E-state index in [1.807, 2.05) is 0 Å². The van der Waals surface area contributed by atoms with Crippen molar-refractivity contribution in [3.05, 3.63) is 54.2 Å². The molecule has 0 bridgehead atoms. The van der Waals surface area contributed by atoms with Crippen molar-refractivity contribution in [1.29, 1.82) is 0 Å². The molecule has 1 saturated heterocycles. The number of amides is 3. The number of fused-ring (bicyclic) bond motifs is 1. The van der Waals surface area contributed by atoms with Gasteiger partial charge in [-0.1, -0.05) is 17.9 Å². The van der Waals surface area contributed by atoms with Crippen LogP contribution in [0.25, 0.3) is 10.8 Å². The van der Waals surface area contributed by atoms with Crippen LogP contribution in [0.2, 0.25) is 0 Å². The van der Waals surface area contributed by atoms with E-state index >= 15 is 0 Å². The molecule has 2 aromatic carbocycles. The van der Waals surface area contributed by atoms with E-state index in [0.717, 1.165) is 5.39 Å². The zero-order valence-corrected chi connectivity index (χ0v) is 16.4. The Morgan fingerprint density at radius 3 is 2.57 bits per heavy atom. The van der Waals surface area contributed by atoms with Crippen molar-refractivity contribution in [2.24, 2.45) is 0 Å². The zero-order valence-electron chi connectivity index (χ0n) is 16.4. The number of hydrogen-bond donors (Lipinski definition) is 3. The first-order valence-corrected chi connectivity index (χ1v) is 9.11. The van der Waals surface area contributed by atoms with Crippen LogP contribution in [0.3, 0.4) is 0 Å². The molecule has 1 fully saturated rings. The number of aromatic hydroxyl groups is 1. The van der Waals surface area contributed by atoms with Crippen LogP contribution in [0.1, 0.15) is 5.56 Å². The number of nitrogens with one attached hydrogen (secondary N) is 2. The van der Waals surface area contributed by atoms with Gasteiger partial charge in [0.05, 0.1) is 20.8 Å². The van der Waals surface area contributed by atoms with Gasteiger partial charge in [-0.2, -0.15) is 0 Å². The fourth-order valence-corrected chi connectivity index (χ4v) is 3.34. The lowest BCUT2D eigenvalue weighted by Gasteiger charge is -2.20. The highest BCUT2D eigenvalue weighted by Gasteiger charge is 2.46. The molecule has 8 heteroatoms. The normalized spacial score (nSPS) is 17.8. The molecule has 0 aliphatic carbocycles. The number of imide groups is 1. The lowest BCUT2D eigenvalue weighted by atomic mass is 10.00. The molecule has 30 heavy (non-hydrogen) atoms. The predicted molar refractivity (Wildman–Crippen MR) is 109 cm³/mol. The summed E-state index contributed by atoms with van der Waals surface area (Å²) >= 11 is 0. The summed E-state index contributed by atoms with van der Waals surface area (Å²) in [6.07, 6.45) is 1.69. The standard InChI is InChI=1S/C22H19N3O5/c1-29-16-5-3-4-14(10-16)8-9-22(20(27)23-21(28)24-22)13-25-12-15-6-7-17(30-2)11-18(15)19(25)26/h3-7,10-12,26H,13H2,1-2H3,(H2,23,24,27,28)/t22-/m1/s1. The Morgan fingerprint density at radius 1 is 1.10 bits per heavy atom. The van der Waals surface area contributed by atoms with Crippen LogP contribution in [0.4, 0.5) is 4.79 Å². The van der Waals surface area contributed by atoms with Crippen molar-refractivity contribution in [3.63, 3.8) is 0 Å². The van der Waals surface area contributed by atoms with Gasteiger partial charge in [-0.3, -0.25) is 10.1 Å². The molecule has 152 valence electrons. The first-order chi connectivity index (χ1) is 14.4. The average Bonchev–Trinajstić information content (AvgIpc) is 3.21. The van der Waals surface area contributed by atoms with Crippen molar-refractivity contribution in [1.82, 2.24) is 15.2 Å². The van der Waals surface area contributed by atoms with E-state index in [0.29, 0.717) is 22.4 Å². The van der Waals surface area contributed by atoms with Crippen molar-refractivity contribution in [2.75, 3.05) is 14.2 Å². The van der Waals surface area contributed by atoms with Crippen LogP contribution < -0.4 is 20.1 Å². The minimum atomic E-state index is -1.54. The highest BCUT2D eigenvalue weighted by Crippen LogP contribution is 2.32. The number of benzene rings is 2. The largest absolute Gasteiger partial charge is 0.497 e. The van der Waals surface area contributed by atoms with Gasteiger partial charge < -0.3 is 24.5 Å². The number of methoxy groups -OCH3 is 2. The van der Waals surface area contributed by atoms with E-state index in [4.69, 9.17) is 9.47 Å². The molecule has 2 heterocycles. The Labute approximate surface area is 172 Å².